The first kappa shape index (κ1) is 13.9. The summed E-state index contributed by atoms with van der Waals surface area (Å²) in [6.07, 6.45) is -0.958. The zero-order valence-corrected chi connectivity index (χ0v) is 21.4. The molecule has 190 valence electrons. The topological polar surface area (TPSA) is 43.5 Å². The van der Waals surface area contributed by atoms with E-state index in [1.54, 1.807) is 36.4 Å². The number of hydrogen-bond donors (Lipinski definition) is 1. The number of allylic oxidation sites excluding steroid dienone is 5. The number of carboxylic acid groups (broad SMARTS) is 1. The number of rotatable bonds is 3. The van der Waals surface area contributed by atoms with Gasteiger partial charge in [-0.3, -0.25) is 0 Å². The van der Waals surface area contributed by atoms with Crippen LogP contribution in [0.2, 0.25) is 0 Å². The van der Waals surface area contributed by atoms with E-state index in [1.165, 1.54) is 18.2 Å². The van der Waals surface area contributed by atoms with Gasteiger partial charge in [0.15, 0.2) is 5.71 Å². The van der Waals surface area contributed by atoms with E-state index in [4.69, 9.17) is 16.4 Å². The monoisotopic (exact) mass is 505 g/mol. The van der Waals surface area contributed by atoms with Crippen LogP contribution in [0.5, 0.6) is 0 Å². The molecule has 4 aliphatic rings. The average molecular weight is 506 g/mol. The van der Waals surface area contributed by atoms with Gasteiger partial charge in [0, 0.05) is 47.2 Å². The van der Waals surface area contributed by atoms with E-state index in [0.29, 0.717) is 33.4 Å². The Balaban J connectivity index is 1.69. The van der Waals surface area contributed by atoms with Crippen LogP contribution < -0.4 is 4.90 Å². The van der Waals surface area contributed by atoms with Crippen molar-refractivity contribution in [3.8, 4) is 0 Å². The van der Waals surface area contributed by atoms with Crippen molar-refractivity contribution in [2.75, 3.05) is 30.9 Å². The molecule has 2 aliphatic heterocycles. The van der Waals surface area contributed by atoms with Crippen molar-refractivity contribution in [1.82, 2.24) is 0 Å². The Labute approximate surface area is 237 Å². The normalized spacial score (nSPS) is 33.1. The lowest BCUT2D eigenvalue weighted by atomic mass is 9.63. The lowest BCUT2D eigenvalue weighted by Crippen LogP contribution is -2.38. The predicted octanol–water partition coefficient (Wildman–Crippen LogP) is 6.34. The fraction of sp³-hybridized carbons (Fsp3) is 0.394. The molecular formula is C33H37N2O2+. The van der Waals surface area contributed by atoms with E-state index < -0.39 is 50.1 Å². The molecule has 4 nitrogen and oxygen atoms in total. The van der Waals surface area contributed by atoms with Crippen LogP contribution in [0.25, 0.3) is 5.57 Å². The van der Waals surface area contributed by atoms with Crippen LogP contribution in [0, 0.1) is 0 Å². The number of nitrogens with zero attached hydrogens (tertiary/aromatic N) is 2. The van der Waals surface area contributed by atoms with Gasteiger partial charge in [-0.25, -0.2) is 9.37 Å². The molecule has 2 aliphatic carbocycles. The minimum absolute atomic E-state index is 0.0000277. The lowest BCUT2D eigenvalue weighted by molar-refractivity contribution is -0.582. The minimum atomic E-state index is -2.83. The minimum Gasteiger partial charge on any atom is -0.478 e. The number of carbonyl (C=O) groups is 1. The maximum atomic E-state index is 12.7. The first-order valence-corrected chi connectivity index (χ1v) is 12.2. The van der Waals surface area contributed by atoms with Gasteiger partial charge in [-0.15, -0.1) is 0 Å². The number of carboxylic acids is 1. The maximum absolute atomic E-state index is 12.7. The number of anilines is 1. The van der Waals surface area contributed by atoms with Crippen LogP contribution in [0.15, 0.2) is 65.8 Å². The first-order chi connectivity index (χ1) is 22.1. The highest BCUT2D eigenvalue weighted by Gasteiger charge is 2.40. The molecule has 2 saturated heterocycles. The highest BCUT2D eigenvalue weighted by atomic mass is 16.4. The molecule has 0 amide bonds. The largest absolute Gasteiger partial charge is 0.478 e. The third kappa shape index (κ3) is 3.80. The quantitative estimate of drug-likeness (QED) is 0.495. The van der Waals surface area contributed by atoms with Gasteiger partial charge in [0.1, 0.15) is 18.5 Å². The van der Waals surface area contributed by atoms with Crippen LogP contribution in [0.3, 0.4) is 0 Å². The fourth-order valence-electron chi connectivity index (χ4n) is 5.28. The summed E-state index contributed by atoms with van der Waals surface area (Å²) in [5.74, 6) is -1.18. The van der Waals surface area contributed by atoms with Crippen molar-refractivity contribution >= 4 is 22.9 Å². The van der Waals surface area contributed by atoms with Gasteiger partial charge < -0.3 is 10.0 Å². The SMILES string of the molecule is [2H]C1([2H])N(c2ccc3c(c2)C(C)(C)C2=CC(=[N+]4C([2H])([2H])C([2H])([2H])C4([2H])[2H])C=CC2=C3c2cc(C(C)(C)C)ccc2C(=O)O)C([2H])([2H])C1([2H])[2H]. The van der Waals surface area contributed by atoms with Gasteiger partial charge in [0.25, 0.3) is 0 Å². The Morgan fingerprint density at radius 1 is 1.03 bits per heavy atom. The van der Waals surface area contributed by atoms with Crippen molar-refractivity contribution in [3.05, 3.63) is 93.6 Å². The summed E-state index contributed by atoms with van der Waals surface area (Å²) in [6.45, 7) is -1.18. The molecule has 0 spiro atoms. The molecule has 2 heterocycles. The molecule has 0 radical (unpaired) electrons. The van der Waals surface area contributed by atoms with Crippen molar-refractivity contribution in [2.45, 2.75) is 58.2 Å². The van der Waals surface area contributed by atoms with Gasteiger partial charge in [-0.1, -0.05) is 46.8 Å². The smallest absolute Gasteiger partial charge is 0.336 e. The number of fused-ring (bicyclic) bond motifs is 2. The van der Waals surface area contributed by atoms with Crippen molar-refractivity contribution in [2.24, 2.45) is 0 Å². The Morgan fingerprint density at radius 3 is 2.49 bits per heavy atom. The van der Waals surface area contributed by atoms with Crippen molar-refractivity contribution in [3.63, 3.8) is 0 Å². The number of hydrogen-bond acceptors (Lipinski definition) is 2. The standard InChI is InChI=1S/C33H36N2O2/c1-32(2,3)21-8-11-24(31(36)37)27(18-21)30-25-12-9-22(34-14-6-15-34)19-28(25)33(4,5)29-20-23(10-13-26(29)30)35-16-7-17-35/h8-13,18-20H,6-7,14-17H2,1-5H3/p+1/i6D2,7D2,14D2,15D2,16D2,17D2. The van der Waals surface area contributed by atoms with E-state index in [-0.39, 0.29) is 22.4 Å². The predicted molar refractivity (Wildman–Crippen MR) is 151 cm³/mol. The highest BCUT2D eigenvalue weighted by molar-refractivity contribution is 6.08. The lowest BCUT2D eigenvalue weighted by Gasteiger charge is -2.41. The van der Waals surface area contributed by atoms with E-state index in [2.05, 4.69) is 0 Å². The van der Waals surface area contributed by atoms with Crippen LogP contribution in [-0.2, 0) is 10.8 Å². The molecule has 4 heteroatoms. The molecule has 2 aromatic carbocycles. The number of benzene rings is 2. The first-order valence-electron chi connectivity index (χ1n) is 18.2. The molecule has 0 atom stereocenters. The average Bonchev–Trinajstić information content (AvgIpc) is 2.96. The zero-order chi connectivity index (χ0) is 36.9. The number of aromatic carboxylic acids is 1. The second-order valence-corrected chi connectivity index (χ2v) is 11.1. The molecule has 0 saturated carbocycles. The van der Waals surface area contributed by atoms with Crippen LogP contribution in [-0.4, -0.2) is 47.4 Å². The van der Waals surface area contributed by atoms with E-state index in [0.717, 1.165) is 15.0 Å². The second-order valence-electron chi connectivity index (χ2n) is 11.1. The van der Waals surface area contributed by atoms with Crippen LogP contribution >= 0.6 is 0 Å². The van der Waals surface area contributed by atoms with Gasteiger partial charge in [-0.2, -0.15) is 0 Å². The molecule has 2 aromatic rings. The van der Waals surface area contributed by atoms with E-state index >= 15 is 0 Å². The van der Waals surface area contributed by atoms with Gasteiger partial charge in [0.05, 0.1) is 11.9 Å². The third-order valence-electron chi connectivity index (χ3n) is 7.46. The zero-order valence-electron chi connectivity index (χ0n) is 33.4. The summed E-state index contributed by atoms with van der Waals surface area (Å²) < 4.78 is 100. The molecule has 1 N–H and O–H groups in total. The summed E-state index contributed by atoms with van der Waals surface area (Å²) >= 11 is 0. The molecular weight excluding hydrogens is 456 g/mol. The molecule has 6 rings (SSSR count). The maximum Gasteiger partial charge on any atom is 0.336 e. The molecule has 0 bridgehead atoms. The van der Waals surface area contributed by atoms with Gasteiger partial charge in [-0.05, 0) is 81.1 Å². The summed E-state index contributed by atoms with van der Waals surface area (Å²) in [6, 6.07) is 9.77. The van der Waals surface area contributed by atoms with Crippen molar-refractivity contribution < 1.29 is 30.9 Å². The van der Waals surface area contributed by atoms with Crippen molar-refractivity contribution in [1.29, 1.82) is 0 Å². The molecule has 0 aromatic heterocycles. The Hall–Kier alpha value is -3.40. The van der Waals surface area contributed by atoms with Gasteiger partial charge in [0.2, 0.25) is 0 Å². The fourth-order valence-corrected chi connectivity index (χ4v) is 5.28. The van der Waals surface area contributed by atoms with Crippen LogP contribution in [0.1, 0.15) is 96.4 Å². The molecule has 2 fully saturated rings. The van der Waals surface area contributed by atoms with E-state index in [1.807, 2.05) is 34.6 Å². The molecule has 0 unspecified atom stereocenters. The van der Waals surface area contributed by atoms with Crippen LogP contribution in [0.4, 0.5) is 5.69 Å². The summed E-state index contributed by atoms with van der Waals surface area (Å²) in [4.78, 5) is 13.4. The summed E-state index contributed by atoms with van der Waals surface area (Å²) in [5.41, 5.74) is 2.60. The highest BCUT2D eigenvalue weighted by Crippen LogP contribution is 2.51. The Kier molecular flexibility index (Phi) is 3.13. The second kappa shape index (κ2) is 8.31. The van der Waals surface area contributed by atoms with Gasteiger partial charge >= 0.3 is 5.97 Å². The Morgan fingerprint density at radius 2 is 1.78 bits per heavy atom. The summed E-state index contributed by atoms with van der Waals surface area (Å²) in [7, 11) is 0. The summed E-state index contributed by atoms with van der Waals surface area (Å²) in [5, 5.41) is 10.4. The molecule has 37 heavy (non-hydrogen) atoms. The Bertz CT molecular complexity index is 1940. The van der Waals surface area contributed by atoms with E-state index in [9.17, 15) is 9.90 Å². The third-order valence-corrected chi connectivity index (χ3v) is 7.46.